The maximum absolute atomic E-state index is 11.9. The highest BCUT2D eigenvalue weighted by atomic mass is 79.9. The summed E-state index contributed by atoms with van der Waals surface area (Å²) in [6.07, 6.45) is 0. The minimum atomic E-state index is -3.08. The van der Waals surface area contributed by atoms with Crippen LogP contribution in [0.5, 0.6) is 0 Å². The number of hydrogen-bond donors (Lipinski definition) is 0. The third-order valence-corrected chi connectivity index (χ3v) is 3.96. The zero-order valence-corrected chi connectivity index (χ0v) is 11.2. The highest BCUT2D eigenvalue weighted by Gasteiger charge is 2.20. The topological polar surface area (TPSA) is 35.5 Å². The number of allylic oxidation sites excluding steroid dienone is 2. The normalized spacial score (nSPS) is 13.0. The molecule has 0 aromatic heterocycles. The maximum atomic E-state index is 11.9. The maximum Gasteiger partial charge on any atom is 0.354 e. The molecule has 0 amide bonds. The van der Waals surface area contributed by atoms with E-state index in [2.05, 4.69) is 22.5 Å². The largest absolute Gasteiger partial charge is 0.354 e. The summed E-state index contributed by atoms with van der Waals surface area (Å²) in [5.41, 5.74) is 0.759. The first-order valence-corrected chi connectivity index (χ1v) is 6.78. The Bertz CT molecular complexity index is 263. The summed E-state index contributed by atoms with van der Waals surface area (Å²) < 4.78 is 22.8. The van der Waals surface area contributed by atoms with Gasteiger partial charge >= 0.3 is 7.60 Å². The second kappa shape index (κ2) is 6.57. The molecule has 0 aliphatic rings. The fourth-order valence-electron chi connectivity index (χ4n) is 0.779. The predicted octanol–water partition coefficient (Wildman–Crippen LogP) is 4.06. The molecule has 0 unspecified atom stereocenters. The first kappa shape index (κ1) is 14.1. The van der Waals surface area contributed by atoms with Crippen LogP contribution >= 0.6 is 23.5 Å². The summed E-state index contributed by atoms with van der Waals surface area (Å²) in [5.74, 6) is 1.48. The highest BCUT2D eigenvalue weighted by Crippen LogP contribution is 2.51. The van der Waals surface area contributed by atoms with Gasteiger partial charge in [-0.05, 0) is 26.3 Å². The summed E-state index contributed by atoms with van der Waals surface area (Å²) in [4.78, 5) is 0. The van der Waals surface area contributed by atoms with Crippen LogP contribution in [-0.4, -0.2) is 13.2 Å². The van der Waals surface area contributed by atoms with Crippen LogP contribution in [0.2, 0.25) is 0 Å². The van der Waals surface area contributed by atoms with E-state index in [1.54, 1.807) is 20.8 Å². The van der Waals surface area contributed by atoms with Crippen molar-refractivity contribution >= 4 is 23.5 Å². The van der Waals surface area contributed by atoms with Crippen LogP contribution in [0.4, 0.5) is 0 Å². The van der Waals surface area contributed by atoms with Crippen molar-refractivity contribution in [3.05, 3.63) is 22.5 Å². The second-order valence-corrected chi connectivity index (χ2v) is 5.40. The van der Waals surface area contributed by atoms with Gasteiger partial charge in [0.25, 0.3) is 0 Å². The molecule has 82 valence electrons. The van der Waals surface area contributed by atoms with Crippen molar-refractivity contribution in [2.45, 2.75) is 20.8 Å². The third-order valence-electron chi connectivity index (χ3n) is 1.40. The average Bonchev–Trinajstić information content (AvgIpc) is 2.04. The molecule has 0 atom stereocenters. The van der Waals surface area contributed by atoms with Crippen LogP contribution in [0.1, 0.15) is 20.8 Å². The summed E-state index contributed by atoms with van der Waals surface area (Å²) >= 11 is 3.20. The zero-order chi connectivity index (χ0) is 11.2. The smallest absolute Gasteiger partial charge is 0.306 e. The number of halogens is 1. The van der Waals surface area contributed by atoms with Gasteiger partial charge in [0.05, 0.1) is 13.2 Å². The molecule has 0 aliphatic carbocycles. The molecule has 0 rings (SSSR count). The van der Waals surface area contributed by atoms with Crippen molar-refractivity contribution in [2.24, 2.45) is 0 Å². The summed E-state index contributed by atoms with van der Waals surface area (Å²) in [6, 6.07) is 0. The molecule has 5 heteroatoms. The minimum Gasteiger partial charge on any atom is -0.306 e. The van der Waals surface area contributed by atoms with E-state index < -0.39 is 7.60 Å². The molecule has 14 heavy (non-hydrogen) atoms. The minimum absolute atomic E-state index is 0.357. The van der Waals surface area contributed by atoms with E-state index in [0.29, 0.717) is 17.7 Å². The van der Waals surface area contributed by atoms with Crippen LogP contribution in [0.25, 0.3) is 0 Å². The molecule has 0 N–H and O–H groups in total. The van der Waals surface area contributed by atoms with Crippen molar-refractivity contribution in [1.29, 1.82) is 0 Å². The van der Waals surface area contributed by atoms with Gasteiger partial charge in [-0.15, -0.1) is 0 Å². The van der Waals surface area contributed by atoms with Crippen molar-refractivity contribution in [3.8, 4) is 0 Å². The molecule has 0 saturated carbocycles. The Hall–Kier alpha value is 0.110. The van der Waals surface area contributed by atoms with Gasteiger partial charge in [0.2, 0.25) is 0 Å². The van der Waals surface area contributed by atoms with Crippen molar-refractivity contribution in [2.75, 3.05) is 13.2 Å². The van der Waals surface area contributed by atoms with E-state index >= 15 is 0 Å². The summed E-state index contributed by atoms with van der Waals surface area (Å²) in [5, 5.41) is 0. The molecule has 0 heterocycles. The van der Waals surface area contributed by atoms with Crippen LogP contribution < -0.4 is 0 Å². The Balaban J connectivity index is 4.75. The monoisotopic (exact) mass is 282 g/mol. The lowest BCUT2D eigenvalue weighted by atomic mass is 10.4. The quantitative estimate of drug-likeness (QED) is 0.544. The van der Waals surface area contributed by atoms with Gasteiger partial charge in [-0.1, -0.05) is 22.5 Å². The Morgan fingerprint density at radius 2 is 1.86 bits per heavy atom. The van der Waals surface area contributed by atoms with Crippen LogP contribution in [-0.2, 0) is 13.6 Å². The average molecular weight is 283 g/mol. The van der Waals surface area contributed by atoms with Gasteiger partial charge < -0.3 is 9.05 Å². The molecule has 0 bridgehead atoms. The molecular weight excluding hydrogens is 267 g/mol. The van der Waals surface area contributed by atoms with E-state index in [0.717, 1.165) is 5.57 Å². The molecular formula is C9H16BrO3P. The number of hydrogen-bond acceptors (Lipinski definition) is 3. The van der Waals surface area contributed by atoms with E-state index in [9.17, 15) is 4.57 Å². The van der Waals surface area contributed by atoms with Crippen molar-refractivity contribution in [1.82, 2.24) is 0 Å². The fraction of sp³-hybridized carbons (Fsp3) is 0.556. The second-order valence-electron chi connectivity index (χ2n) is 2.59. The molecule has 0 fully saturated rings. The molecule has 0 aromatic rings. The van der Waals surface area contributed by atoms with Crippen molar-refractivity contribution in [3.63, 3.8) is 0 Å². The molecule has 3 nitrogen and oxygen atoms in total. The molecule has 0 aliphatic heterocycles. The lowest BCUT2D eigenvalue weighted by Crippen LogP contribution is -1.93. The first-order chi connectivity index (χ1) is 6.45. The highest BCUT2D eigenvalue weighted by molar-refractivity contribution is 9.11. The molecule has 0 radical (unpaired) electrons. The summed E-state index contributed by atoms with van der Waals surface area (Å²) in [7, 11) is -3.08. The van der Waals surface area contributed by atoms with E-state index in [-0.39, 0.29) is 0 Å². The number of rotatable bonds is 6. The standard InChI is InChI=1S/C9H16BrO3P/c1-5-12-14(11,13-6-2)7-8(3)9(4)10/h7H,4-6H2,1-3H3/b8-7-. The van der Waals surface area contributed by atoms with Gasteiger partial charge in [0.15, 0.2) is 0 Å². The van der Waals surface area contributed by atoms with Gasteiger partial charge in [0, 0.05) is 10.3 Å². The van der Waals surface area contributed by atoms with Gasteiger partial charge in [0.1, 0.15) is 0 Å². The van der Waals surface area contributed by atoms with E-state index in [1.807, 2.05) is 0 Å². The van der Waals surface area contributed by atoms with Gasteiger partial charge in [-0.2, -0.15) is 0 Å². The predicted molar refractivity (Wildman–Crippen MR) is 62.7 cm³/mol. The summed E-state index contributed by atoms with van der Waals surface area (Å²) in [6.45, 7) is 9.73. The van der Waals surface area contributed by atoms with Crippen molar-refractivity contribution < 1.29 is 13.6 Å². The Labute approximate surface area is 93.8 Å². The van der Waals surface area contributed by atoms with Crippen LogP contribution in [0.3, 0.4) is 0 Å². The van der Waals surface area contributed by atoms with Gasteiger partial charge in [-0.3, -0.25) is 4.57 Å². The molecule has 0 aromatic carbocycles. The van der Waals surface area contributed by atoms with Gasteiger partial charge in [-0.25, -0.2) is 0 Å². The Morgan fingerprint density at radius 3 is 2.14 bits per heavy atom. The van der Waals surface area contributed by atoms with Crippen LogP contribution in [0.15, 0.2) is 22.5 Å². The Kier molecular flexibility index (Phi) is 6.62. The fourth-order valence-corrected chi connectivity index (χ4v) is 2.64. The SMILES string of the molecule is C=C(Br)/C(C)=C\P(=O)(OCC)OCC. The molecule has 0 spiro atoms. The first-order valence-electron chi connectivity index (χ1n) is 4.38. The molecule has 0 saturated heterocycles. The zero-order valence-electron chi connectivity index (χ0n) is 8.75. The van der Waals surface area contributed by atoms with E-state index in [1.165, 1.54) is 5.82 Å². The lowest BCUT2D eigenvalue weighted by Gasteiger charge is -2.13. The van der Waals surface area contributed by atoms with E-state index in [4.69, 9.17) is 9.05 Å². The lowest BCUT2D eigenvalue weighted by molar-refractivity contribution is 0.228. The Morgan fingerprint density at radius 1 is 1.43 bits per heavy atom. The van der Waals surface area contributed by atoms with Crippen LogP contribution in [0, 0.1) is 0 Å². The third kappa shape index (κ3) is 5.11.